The van der Waals surface area contributed by atoms with E-state index in [2.05, 4.69) is 5.32 Å². The molecule has 1 aliphatic carbocycles. The van der Waals surface area contributed by atoms with E-state index in [1.807, 2.05) is 0 Å². The fraction of sp³-hybridized carbons (Fsp3) is 0.462. The van der Waals surface area contributed by atoms with Gasteiger partial charge in [-0.1, -0.05) is 42.5 Å². The number of nitrogens with two attached hydrogens (primary N) is 1. The van der Waals surface area contributed by atoms with Crippen LogP contribution in [0.1, 0.15) is 32.1 Å². The van der Waals surface area contributed by atoms with E-state index in [1.165, 1.54) is 6.42 Å². The zero-order valence-electron chi connectivity index (χ0n) is 10.0. The van der Waals surface area contributed by atoms with E-state index in [-0.39, 0.29) is 11.8 Å². The van der Waals surface area contributed by atoms with Crippen LogP contribution in [0.3, 0.4) is 0 Å². The van der Waals surface area contributed by atoms with Crippen molar-refractivity contribution in [3.63, 3.8) is 0 Å². The van der Waals surface area contributed by atoms with Crippen molar-refractivity contribution < 1.29 is 4.79 Å². The van der Waals surface area contributed by atoms with Crippen molar-refractivity contribution >= 4 is 40.5 Å². The highest BCUT2D eigenvalue weighted by atomic mass is 35.5. The monoisotopic (exact) mass is 286 g/mol. The molecule has 1 aliphatic rings. The highest BCUT2D eigenvalue weighted by Gasteiger charge is 2.21. The molecule has 3 nitrogen and oxygen atoms in total. The van der Waals surface area contributed by atoms with E-state index in [0.29, 0.717) is 21.4 Å². The van der Waals surface area contributed by atoms with Crippen molar-refractivity contribution in [3.05, 3.63) is 22.2 Å². The number of hydrogen-bond donors (Lipinski definition) is 2. The Bertz CT molecular complexity index is 433. The van der Waals surface area contributed by atoms with Crippen molar-refractivity contribution in [2.45, 2.75) is 32.1 Å². The molecule has 98 valence electrons. The second kappa shape index (κ2) is 5.81. The molecular formula is C13H16Cl2N2O. The Morgan fingerprint density at radius 3 is 2.28 bits per heavy atom. The van der Waals surface area contributed by atoms with Crippen molar-refractivity contribution in [3.8, 4) is 0 Å². The number of nitrogens with one attached hydrogen (secondary N) is 1. The molecule has 1 fully saturated rings. The molecular weight excluding hydrogens is 271 g/mol. The van der Waals surface area contributed by atoms with Crippen molar-refractivity contribution in [1.29, 1.82) is 0 Å². The number of amides is 1. The number of hydrogen-bond acceptors (Lipinski definition) is 2. The van der Waals surface area contributed by atoms with Crippen LogP contribution in [-0.2, 0) is 4.79 Å². The molecule has 1 saturated carbocycles. The molecule has 2 rings (SSSR count). The molecule has 1 aromatic carbocycles. The molecule has 0 saturated heterocycles. The number of anilines is 2. The smallest absolute Gasteiger partial charge is 0.227 e. The van der Waals surface area contributed by atoms with Crippen LogP contribution < -0.4 is 11.1 Å². The second-order valence-corrected chi connectivity index (χ2v) is 5.49. The van der Waals surface area contributed by atoms with Crippen LogP contribution in [0.4, 0.5) is 11.4 Å². The SMILES string of the molecule is Nc1c(Cl)cc(NC(=O)C2CCCCC2)cc1Cl. The summed E-state index contributed by atoms with van der Waals surface area (Å²) in [5.74, 6) is 0.153. The molecule has 1 aromatic rings. The minimum Gasteiger partial charge on any atom is -0.396 e. The average molecular weight is 287 g/mol. The third-order valence-corrected chi connectivity index (χ3v) is 3.95. The van der Waals surface area contributed by atoms with Gasteiger partial charge in [0.05, 0.1) is 15.7 Å². The number of benzene rings is 1. The second-order valence-electron chi connectivity index (χ2n) is 4.68. The highest BCUT2D eigenvalue weighted by molar-refractivity contribution is 6.39. The molecule has 0 unspecified atom stereocenters. The van der Waals surface area contributed by atoms with Gasteiger partial charge in [0.15, 0.2) is 0 Å². The lowest BCUT2D eigenvalue weighted by Gasteiger charge is -2.21. The summed E-state index contributed by atoms with van der Waals surface area (Å²) in [6.45, 7) is 0. The number of rotatable bonds is 2. The zero-order chi connectivity index (χ0) is 13.1. The Morgan fingerprint density at radius 2 is 1.72 bits per heavy atom. The Balaban J connectivity index is 2.06. The summed E-state index contributed by atoms with van der Waals surface area (Å²) in [4.78, 5) is 12.0. The van der Waals surface area contributed by atoms with E-state index in [9.17, 15) is 4.79 Å². The maximum Gasteiger partial charge on any atom is 0.227 e. The molecule has 5 heteroatoms. The summed E-state index contributed by atoms with van der Waals surface area (Å²) in [6, 6.07) is 3.26. The molecule has 0 spiro atoms. The van der Waals surface area contributed by atoms with Crippen LogP contribution in [0, 0.1) is 5.92 Å². The fourth-order valence-electron chi connectivity index (χ4n) is 2.27. The maximum absolute atomic E-state index is 12.0. The van der Waals surface area contributed by atoms with Gasteiger partial charge in [0.1, 0.15) is 0 Å². The standard InChI is InChI=1S/C13H16Cl2N2O/c14-10-6-9(7-11(15)12(10)16)17-13(18)8-4-2-1-3-5-8/h6-8H,1-5,16H2,(H,17,18). The van der Waals surface area contributed by atoms with Gasteiger partial charge in [-0.15, -0.1) is 0 Å². The first-order chi connectivity index (χ1) is 8.58. The van der Waals surface area contributed by atoms with E-state index in [1.54, 1.807) is 12.1 Å². The summed E-state index contributed by atoms with van der Waals surface area (Å²) in [5.41, 5.74) is 6.60. The summed E-state index contributed by atoms with van der Waals surface area (Å²) in [7, 11) is 0. The summed E-state index contributed by atoms with van der Waals surface area (Å²) < 4.78 is 0. The van der Waals surface area contributed by atoms with Gasteiger partial charge >= 0.3 is 0 Å². The van der Waals surface area contributed by atoms with Crippen LogP contribution >= 0.6 is 23.2 Å². The lowest BCUT2D eigenvalue weighted by atomic mass is 9.88. The van der Waals surface area contributed by atoms with Crippen LogP contribution in [0.15, 0.2) is 12.1 Å². The Labute approximate surface area is 117 Å². The van der Waals surface area contributed by atoms with Gasteiger partial charge in [-0.25, -0.2) is 0 Å². The van der Waals surface area contributed by atoms with Crippen LogP contribution in [0.25, 0.3) is 0 Å². The lowest BCUT2D eigenvalue weighted by Crippen LogP contribution is -2.24. The number of nitrogen functional groups attached to an aromatic ring is 1. The molecule has 0 aromatic heterocycles. The molecule has 0 heterocycles. The van der Waals surface area contributed by atoms with E-state index < -0.39 is 0 Å². The van der Waals surface area contributed by atoms with Gasteiger partial charge < -0.3 is 11.1 Å². The van der Waals surface area contributed by atoms with Gasteiger partial charge in [0.25, 0.3) is 0 Å². The summed E-state index contributed by atoms with van der Waals surface area (Å²) in [5, 5.41) is 3.58. The quantitative estimate of drug-likeness (QED) is 0.805. The van der Waals surface area contributed by atoms with Crippen molar-refractivity contribution in [1.82, 2.24) is 0 Å². The first-order valence-electron chi connectivity index (χ1n) is 6.13. The number of carbonyl (C=O) groups is 1. The summed E-state index contributed by atoms with van der Waals surface area (Å²) >= 11 is 11.9. The van der Waals surface area contributed by atoms with Crippen LogP contribution in [0.2, 0.25) is 10.0 Å². The number of carbonyl (C=O) groups excluding carboxylic acids is 1. The highest BCUT2D eigenvalue weighted by Crippen LogP contribution is 2.32. The maximum atomic E-state index is 12.0. The normalized spacial score (nSPS) is 16.6. The average Bonchev–Trinajstić information content (AvgIpc) is 2.37. The number of halogens is 2. The van der Waals surface area contributed by atoms with Gasteiger partial charge in [0, 0.05) is 11.6 Å². The topological polar surface area (TPSA) is 55.1 Å². The molecule has 3 N–H and O–H groups in total. The zero-order valence-corrected chi connectivity index (χ0v) is 11.5. The molecule has 18 heavy (non-hydrogen) atoms. The third kappa shape index (κ3) is 3.09. The minimum absolute atomic E-state index is 0.0478. The van der Waals surface area contributed by atoms with Gasteiger partial charge in [-0.2, -0.15) is 0 Å². The van der Waals surface area contributed by atoms with Crippen molar-refractivity contribution in [2.24, 2.45) is 5.92 Å². The largest absolute Gasteiger partial charge is 0.396 e. The first kappa shape index (κ1) is 13.5. The molecule has 0 bridgehead atoms. The Kier molecular flexibility index (Phi) is 4.36. The minimum atomic E-state index is 0.0478. The summed E-state index contributed by atoms with van der Waals surface area (Å²) in [6.07, 6.45) is 5.40. The van der Waals surface area contributed by atoms with E-state index in [4.69, 9.17) is 28.9 Å². The van der Waals surface area contributed by atoms with Gasteiger partial charge in [-0.05, 0) is 25.0 Å². The Morgan fingerprint density at radius 1 is 1.17 bits per heavy atom. The lowest BCUT2D eigenvalue weighted by molar-refractivity contribution is -0.120. The van der Waals surface area contributed by atoms with Gasteiger partial charge in [0.2, 0.25) is 5.91 Å². The molecule has 0 radical (unpaired) electrons. The third-order valence-electron chi connectivity index (χ3n) is 3.32. The van der Waals surface area contributed by atoms with Crippen LogP contribution in [-0.4, -0.2) is 5.91 Å². The molecule has 0 atom stereocenters. The predicted molar refractivity (Wildman–Crippen MR) is 76.1 cm³/mol. The molecule has 1 amide bonds. The molecule has 0 aliphatic heterocycles. The Hall–Kier alpha value is -0.930. The van der Waals surface area contributed by atoms with Crippen molar-refractivity contribution in [2.75, 3.05) is 11.1 Å². The predicted octanol–water partition coefficient (Wildman–Crippen LogP) is 4.09. The first-order valence-corrected chi connectivity index (χ1v) is 6.89. The van der Waals surface area contributed by atoms with E-state index in [0.717, 1.165) is 25.7 Å². The van der Waals surface area contributed by atoms with Gasteiger partial charge in [-0.3, -0.25) is 4.79 Å². The van der Waals surface area contributed by atoms with Crippen LogP contribution in [0.5, 0.6) is 0 Å². The fourth-order valence-corrected chi connectivity index (χ4v) is 2.75. The van der Waals surface area contributed by atoms with E-state index >= 15 is 0 Å².